The summed E-state index contributed by atoms with van der Waals surface area (Å²) in [5.74, 6) is 0.0837. The van der Waals surface area contributed by atoms with Gasteiger partial charge in [0, 0.05) is 0 Å². The number of furan rings is 1. The van der Waals surface area contributed by atoms with Crippen LogP contribution in [0, 0.1) is 12.7 Å². The van der Waals surface area contributed by atoms with Crippen LogP contribution in [0.5, 0.6) is 0 Å². The van der Waals surface area contributed by atoms with Crippen molar-refractivity contribution in [2.24, 2.45) is 0 Å². The Labute approximate surface area is 111 Å². The zero-order valence-corrected chi connectivity index (χ0v) is 11.4. The molecule has 102 valence electrons. The first-order chi connectivity index (χ1) is 8.90. The van der Waals surface area contributed by atoms with E-state index in [9.17, 15) is 12.8 Å². The van der Waals surface area contributed by atoms with Gasteiger partial charge in [-0.1, -0.05) is 0 Å². The van der Waals surface area contributed by atoms with Crippen LogP contribution in [-0.4, -0.2) is 8.42 Å². The van der Waals surface area contributed by atoms with E-state index in [2.05, 4.69) is 4.72 Å². The Kier molecular flexibility index (Phi) is 3.73. The summed E-state index contributed by atoms with van der Waals surface area (Å²) >= 11 is 0. The summed E-state index contributed by atoms with van der Waals surface area (Å²) in [5.41, 5.74) is 0.286. The highest BCUT2D eigenvalue weighted by Gasteiger charge is 2.20. The van der Waals surface area contributed by atoms with Gasteiger partial charge in [0.2, 0.25) is 10.0 Å². The van der Waals surface area contributed by atoms with Crippen LogP contribution in [0.2, 0.25) is 0 Å². The van der Waals surface area contributed by atoms with Crippen LogP contribution in [-0.2, 0) is 10.0 Å². The molecule has 1 aromatic carbocycles. The van der Waals surface area contributed by atoms with Gasteiger partial charge in [-0.2, -0.15) is 0 Å². The van der Waals surface area contributed by atoms with Crippen LogP contribution >= 0.6 is 0 Å². The topological polar surface area (TPSA) is 59.3 Å². The molecule has 0 fully saturated rings. The lowest BCUT2D eigenvalue weighted by atomic mass is 10.2. The molecule has 1 aromatic heterocycles. The van der Waals surface area contributed by atoms with Crippen molar-refractivity contribution in [2.45, 2.75) is 24.8 Å². The van der Waals surface area contributed by atoms with E-state index in [0.717, 1.165) is 6.07 Å². The molecule has 0 bridgehead atoms. The molecule has 0 amide bonds. The van der Waals surface area contributed by atoms with E-state index < -0.39 is 21.9 Å². The average molecular weight is 283 g/mol. The van der Waals surface area contributed by atoms with Crippen LogP contribution < -0.4 is 4.72 Å². The van der Waals surface area contributed by atoms with Gasteiger partial charge in [-0.3, -0.25) is 0 Å². The highest BCUT2D eigenvalue weighted by molar-refractivity contribution is 7.89. The average Bonchev–Trinajstić information content (AvgIpc) is 2.85. The number of halogens is 1. The molecule has 0 aliphatic heterocycles. The Morgan fingerprint density at radius 2 is 2.05 bits per heavy atom. The van der Waals surface area contributed by atoms with Crippen molar-refractivity contribution < 1.29 is 17.2 Å². The summed E-state index contributed by atoms with van der Waals surface area (Å²) in [4.78, 5) is 0.0322. The molecule has 1 N–H and O–H groups in total. The van der Waals surface area contributed by atoms with Gasteiger partial charge < -0.3 is 4.42 Å². The molecule has 2 aromatic rings. The monoisotopic (exact) mass is 283 g/mol. The minimum Gasteiger partial charge on any atom is -0.468 e. The lowest BCUT2D eigenvalue weighted by molar-refractivity contribution is 0.459. The predicted octanol–water partition coefficient (Wildman–Crippen LogP) is 2.77. The molecule has 1 unspecified atom stereocenters. The summed E-state index contributed by atoms with van der Waals surface area (Å²) < 4.78 is 45.0. The maximum Gasteiger partial charge on any atom is 0.241 e. The smallest absolute Gasteiger partial charge is 0.241 e. The third-order valence-electron chi connectivity index (χ3n) is 2.74. The predicted molar refractivity (Wildman–Crippen MR) is 68.6 cm³/mol. The molecule has 2 rings (SSSR count). The Bertz CT molecular complexity index is 665. The van der Waals surface area contributed by atoms with Gasteiger partial charge in [0.25, 0.3) is 0 Å². The van der Waals surface area contributed by atoms with Crippen LogP contribution in [0.4, 0.5) is 4.39 Å². The summed E-state index contributed by atoms with van der Waals surface area (Å²) in [6, 6.07) is 6.55. The molecule has 19 heavy (non-hydrogen) atoms. The minimum absolute atomic E-state index is 0.0322. The summed E-state index contributed by atoms with van der Waals surface area (Å²) in [6.45, 7) is 3.19. The molecule has 0 spiro atoms. The highest BCUT2D eigenvalue weighted by Crippen LogP contribution is 2.19. The Morgan fingerprint density at radius 3 is 2.63 bits per heavy atom. The van der Waals surface area contributed by atoms with Gasteiger partial charge in [0.15, 0.2) is 0 Å². The van der Waals surface area contributed by atoms with E-state index >= 15 is 0 Å². The first kappa shape index (κ1) is 13.8. The number of benzene rings is 1. The van der Waals surface area contributed by atoms with Gasteiger partial charge >= 0.3 is 0 Å². The SMILES string of the molecule is Cc1cc(S(=O)(=O)NC(C)c2ccco2)ccc1F. The highest BCUT2D eigenvalue weighted by atomic mass is 32.2. The number of nitrogens with one attached hydrogen (secondary N) is 1. The van der Waals surface area contributed by atoms with E-state index in [0.29, 0.717) is 5.76 Å². The van der Waals surface area contributed by atoms with Crippen molar-refractivity contribution in [3.05, 3.63) is 53.7 Å². The fraction of sp³-hybridized carbons (Fsp3) is 0.231. The number of aryl methyl sites for hydroxylation is 1. The van der Waals surface area contributed by atoms with Gasteiger partial charge in [-0.05, 0) is 49.7 Å². The summed E-state index contributed by atoms with van der Waals surface area (Å²) in [6.07, 6.45) is 1.47. The molecular formula is C13H14FNO3S. The molecule has 1 atom stereocenters. The zero-order chi connectivity index (χ0) is 14.0. The second-order valence-corrected chi connectivity index (χ2v) is 5.98. The van der Waals surface area contributed by atoms with E-state index in [4.69, 9.17) is 4.42 Å². The second kappa shape index (κ2) is 5.14. The Hall–Kier alpha value is -1.66. The van der Waals surface area contributed by atoms with E-state index in [-0.39, 0.29) is 10.5 Å². The summed E-state index contributed by atoms with van der Waals surface area (Å²) in [7, 11) is -3.70. The molecule has 6 heteroatoms. The standard InChI is InChI=1S/C13H14FNO3S/c1-9-8-11(5-6-12(9)14)19(16,17)15-10(2)13-4-3-7-18-13/h3-8,10,15H,1-2H3. The van der Waals surface area contributed by atoms with Crippen molar-refractivity contribution in [1.29, 1.82) is 0 Å². The lowest BCUT2D eigenvalue weighted by Gasteiger charge is -2.12. The van der Waals surface area contributed by atoms with Crippen LogP contribution in [0.1, 0.15) is 24.3 Å². The van der Waals surface area contributed by atoms with E-state index in [1.807, 2.05) is 0 Å². The molecule has 0 aliphatic carbocycles. The van der Waals surface area contributed by atoms with Crippen molar-refractivity contribution in [3.63, 3.8) is 0 Å². The number of sulfonamides is 1. The van der Waals surface area contributed by atoms with Gasteiger partial charge in [0.05, 0.1) is 17.2 Å². The van der Waals surface area contributed by atoms with Gasteiger partial charge in [0.1, 0.15) is 11.6 Å². The van der Waals surface area contributed by atoms with Crippen LogP contribution in [0.25, 0.3) is 0 Å². The first-order valence-electron chi connectivity index (χ1n) is 5.72. The third kappa shape index (κ3) is 3.02. The molecule has 1 heterocycles. The van der Waals surface area contributed by atoms with Crippen molar-refractivity contribution >= 4 is 10.0 Å². The fourth-order valence-corrected chi connectivity index (χ4v) is 2.98. The van der Waals surface area contributed by atoms with Crippen LogP contribution in [0.15, 0.2) is 45.9 Å². The molecule has 0 aliphatic rings. The molecule has 0 saturated heterocycles. The van der Waals surface area contributed by atoms with Crippen LogP contribution in [0.3, 0.4) is 0 Å². The van der Waals surface area contributed by atoms with Crippen molar-refractivity contribution in [2.75, 3.05) is 0 Å². The van der Waals surface area contributed by atoms with Crippen molar-refractivity contribution in [1.82, 2.24) is 4.72 Å². The number of hydrogen-bond acceptors (Lipinski definition) is 3. The zero-order valence-electron chi connectivity index (χ0n) is 10.6. The largest absolute Gasteiger partial charge is 0.468 e. The second-order valence-electron chi connectivity index (χ2n) is 4.27. The summed E-state index contributed by atoms with van der Waals surface area (Å²) in [5, 5.41) is 0. The maximum absolute atomic E-state index is 13.1. The molecule has 4 nitrogen and oxygen atoms in total. The van der Waals surface area contributed by atoms with Gasteiger partial charge in [-0.15, -0.1) is 0 Å². The quantitative estimate of drug-likeness (QED) is 0.938. The minimum atomic E-state index is -3.70. The molecule has 0 saturated carbocycles. The normalized spacial score (nSPS) is 13.4. The van der Waals surface area contributed by atoms with Gasteiger partial charge in [-0.25, -0.2) is 17.5 Å². The lowest BCUT2D eigenvalue weighted by Crippen LogP contribution is -2.26. The Balaban J connectivity index is 2.25. The van der Waals surface area contributed by atoms with E-state index in [1.165, 1.54) is 25.3 Å². The number of hydrogen-bond donors (Lipinski definition) is 1. The number of rotatable bonds is 4. The first-order valence-corrected chi connectivity index (χ1v) is 7.20. The van der Waals surface area contributed by atoms with Crippen molar-refractivity contribution in [3.8, 4) is 0 Å². The molecule has 0 radical (unpaired) electrons. The third-order valence-corrected chi connectivity index (χ3v) is 4.28. The molecular weight excluding hydrogens is 269 g/mol. The Morgan fingerprint density at radius 1 is 1.32 bits per heavy atom. The van der Waals surface area contributed by atoms with E-state index in [1.54, 1.807) is 19.1 Å². The maximum atomic E-state index is 13.1. The fourth-order valence-electron chi connectivity index (χ4n) is 1.68.